The van der Waals surface area contributed by atoms with E-state index in [0.29, 0.717) is 5.69 Å². The monoisotopic (exact) mass is 1450 g/mol. The van der Waals surface area contributed by atoms with Gasteiger partial charge < -0.3 is 49.8 Å². The van der Waals surface area contributed by atoms with E-state index in [4.69, 9.17) is 24.0 Å². The molecule has 530 valence electrons. The Morgan fingerprint density at radius 1 is 0.564 bits per heavy atom. The van der Waals surface area contributed by atoms with E-state index in [1.165, 1.54) is 9.80 Å². The van der Waals surface area contributed by atoms with Gasteiger partial charge in [0.1, 0.15) is 42.7 Å². The van der Waals surface area contributed by atoms with Crippen molar-refractivity contribution in [1.29, 1.82) is 0 Å². The number of aromatic nitrogens is 9. The second-order valence-corrected chi connectivity index (χ2v) is 30.5. The fourth-order valence-corrected chi connectivity index (χ4v) is 16.6. The molecule has 3 fully saturated rings. The van der Waals surface area contributed by atoms with Crippen molar-refractivity contribution in [2.45, 2.75) is 169 Å². The molecule has 29 heteroatoms. The summed E-state index contributed by atoms with van der Waals surface area (Å²) in [6.45, 7) is 19.5. The third kappa shape index (κ3) is 16.3. The van der Waals surface area contributed by atoms with Crippen molar-refractivity contribution in [2.75, 3.05) is 19.6 Å². The predicted octanol–water partition coefficient (Wildman–Crippen LogP) is 9.61. The number of hydrogen-bond acceptors (Lipinski definition) is 22. The van der Waals surface area contributed by atoms with Crippen molar-refractivity contribution in [2.24, 2.45) is 17.8 Å². The number of benzene rings is 3. The maximum atomic E-state index is 15.3. The first-order chi connectivity index (χ1) is 48.5. The maximum absolute atomic E-state index is 15.3. The van der Waals surface area contributed by atoms with E-state index in [9.17, 15) is 29.1 Å². The zero-order valence-electron chi connectivity index (χ0n) is 57.9. The highest BCUT2D eigenvalue weighted by molar-refractivity contribution is 7.14. The number of aryl methyl sites for hydroxylation is 4. The van der Waals surface area contributed by atoms with Crippen LogP contribution in [0.1, 0.15) is 141 Å². The molecular weight excluding hydrogens is 1360 g/mol. The van der Waals surface area contributed by atoms with Crippen molar-refractivity contribution in [1.82, 2.24) is 75.3 Å². The average Bonchev–Trinajstić information content (AvgIpc) is 1.62. The van der Waals surface area contributed by atoms with Gasteiger partial charge in [0.05, 0.1) is 78.6 Å². The SMILES string of the molecule is Cc1cc([C@H](C(=O)N2C[C@H](OCc3nc([C@H](C(=O)N4C[C@H](Oc5nc([C@H](C(=O)N6C[C@H](O)C[C@H]6C(=O)NCc6ccc(-c7scnc7C)cc6)C(C)C)ns5)C[C@H]4C(=O)NCc4ccc(-c5scnc5C)cc4)C(C)C)no3)C[C@H]2C(=O)NCc2ccc(-c3scnc3C)cc2)C(C)C)n[nH]1. The van der Waals surface area contributed by atoms with Gasteiger partial charge in [-0.25, -0.2) is 15.0 Å². The lowest BCUT2D eigenvalue weighted by atomic mass is 9.90. The Kier molecular flexibility index (Phi) is 22.4. The van der Waals surface area contributed by atoms with Crippen LogP contribution in [0.3, 0.4) is 0 Å². The molecule has 3 saturated heterocycles. The van der Waals surface area contributed by atoms with Crippen LogP contribution in [0.25, 0.3) is 31.3 Å². The highest BCUT2D eigenvalue weighted by atomic mass is 32.1. The highest BCUT2D eigenvalue weighted by Crippen LogP contribution is 2.38. The number of nitrogens with one attached hydrogen (secondary N) is 4. The summed E-state index contributed by atoms with van der Waals surface area (Å²) in [6.07, 6.45) is -2.03. The minimum absolute atomic E-state index is 0.0424. The normalized spacial score (nSPS) is 19.3. The van der Waals surface area contributed by atoms with E-state index in [-0.39, 0.29) is 112 Å². The highest BCUT2D eigenvalue weighted by Gasteiger charge is 2.48. The summed E-state index contributed by atoms with van der Waals surface area (Å²) in [5, 5.41) is 31.9. The van der Waals surface area contributed by atoms with Crippen LogP contribution in [-0.2, 0) is 59.7 Å². The van der Waals surface area contributed by atoms with Crippen molar-refractivity contribution >= 4 is 81.0 Å². The molecule has 25 nitrogen and oxygen atoms in total. The van der Waals surface area contributed by atoms with E-state index < -0.39 is 83.7 Å². The molecule has 12 rings (SSSR count). The molecule has 0 spiro atoms. The van der Waals surface area contributed by atoms with Gasteiger partial charge in [-0.05, 0) is 84.9 Å². The minimum Gasteiger partial charge on any atom is -0.464 e. The summed E-state index contributed by atoms with van der Waals surface area (Å²) >= 11 is 5.61. The van der Waals surface area contributed by atoms with Gasteiger partial charge in [-0.2, -0.15) is 19.4 Å². The van der Waals surface area contributed by atoms with Crippen molar-refractivity contribution in [3.8, 4) is 36.5 Å². The first kappa shape index (κ1) is 71.8. The van der Waals surface area contributed by atoms with E-state index in [2.05, 4.69) is 50.6 Å². The molecule has 0 unspecified atom stereocenters. The Labute approximate surface area is 601 Å². The summed E-state index contributed by atoms with van der Waals surface area (Å²) in [4.78, 5) is 118. The summed E-state index contributed by atoms with van der Waals surface area (Å²) in [7, 11) is 0. The number of β-amino-alcohol motifs (C(OH)–C–C–N with tert-alkyl or cyclic N) is 1. The summed E-state index contributed by atoms with van der Waals surface area (Å²) in [5.41, 5.74) is 15.3. The third-order valence-corrected chi connectivity index (χ3v) is 22.4. The smallest absolute Gasteiger partial charge is 0.293 e. The Morgan fingerprint density at radius 3 is 1.43 bits per heavy atom. The Balaban J connectivity index is 0.729. The van der Waals surface area contributed by atoms with Gasteiger partial charge in [0, 0.05) is 69.2 Å². The van der Waals surface area contributed by atoms with Gasteiger partial charge in [-0.3, -0.25) is 33.9 Å². The number of carbonyl (C=O) groups excluding carboxylic acids is 6. The predicted molar refractivity (Wildman–Crippen MR) is 382 cm³/mol. The van der Waals surface area contributed by atoms with Gasteiger partial charge >= 0.3 is 0 Å². The number of amides is 6. The fraction of sp³-hybridized carbons (Fsp3) is 0.444. The lowest BCUT2D eigenvalue weighted by Gasteiger charge is -2.29. The number of aliphatic hydroxyl groups excluding tert-OH is 1. The molecular formula is C72H83N15O10S4. The zero-order valence-corrected chi connectivity index (χ0v) is 61.2. The van der Waals surface area contributed by atoms with Crippen molar-refractivity contribution in [3.05, 3.63) is 158 Å². The summed E-state index contributed by atoms with van der Waals surface area (Å²) in [5.74, 6) is -5.42. The van der Waals surface area contributed by atoms with Gasteiger partial charge in [-0.1, -0.05) is 119 Å². The molecule has 0 radical (unpaired) electrons. The number of H-pyrrole nitrogens is 1. The summed E-state index contributed by atoms with van der Waals surface area (Å²) < 4.78 is 23.4. The molecule has 9 heterocycles. The molecule has 0 saturated carbocycles. The van der Waals surface area contributed by atoms with Gasteiger partial charge in [0.25, 0.3) is 11.1 Å². The molecule has 101 heavy (non-hydrogen) atoms. The molecule has 9 aromatic rings. The molecule has 3 aliphatic heterocycles. The van der Waals surface area contributed by atoms with Crippen LogP contribution < -0.4 is 20.7 Å². The quantitative estimate of drug-likeness (QED) is 0.0337. The van der Waals surface area contributed by atoms with Crippen LogP contribution in [0, 0.1) is 45.4 Å². The first-order valence-corrected chi connectivity index (χ1v) is 37.3. The van der Waals surface area contributed by atoms with Crippen LogP contribution >= 0.6 is 45.5 Å². The average molecular weight is 1450 g/mol. The molecule has 3 aliphatic rings. The molecule has 9 atom stereocenters. The first-order valence-electron chi connectivity index (χ1n) is 33.9. The van der Waals surface area contributed by atoms with Crippen molar-refractivity contribution < 1.29 is 47.9 Å². The van der Waals surface area contributed by atoms with Crippen LogP contribution in [0.15, 0.2) is 99.9 Å². The van der Waals surface area contributed by atoms with Crippen LogP contribution in [-0.4, -0.2) is 156 Å². The number of ether oxygens (including phenoxy) is 2. The number of thiazole rings is 3. The van der Waals surface area contributed by atoms with E-state index in [1.807, 2.05) is 159 Å². The van der Waals surface area contributed by atoms with Crippen LogP contribution in [0.2, 0.25) is 0 Å². The molecule has 6 aromatic heterocycles. The lowest BCUT2D eigenvalue weighted by molar-refractivity contribution is -0.140. The second kappa shape index (κ2) is 31.5. The molecule has 3 aromatic carbocycles. The van der Waals surface area contributed by atoms with Gasteiger partial charge in [0.2, 0.25) is 35.4 Å². The maximum Gasteiger partial charge on any atom is 0.293 e. The Hall–Kier alpha value is -9.00. The fourth-order valence-electron chi connectivity index (χ4n) is 13.5. The number of aliphatic hydroxyl groups is 1. The Bertz CT molecular complexity index is 4390. The molecule has 6 amide bonds. The molecule has 0 bridgehead atoms. The standard InChI is InChI=1S/C72H83N15O10S4/c1-37(2)58(53-23-40(7)81-82-53)69(92)86-31-51(25-55(86)67(90)74-28-45-13-19-48(20-14-45)62-42(9)77-35-99-62)95-33-57-79-64(83-97-57)59(38(3)4)70(93)87-32-52(26-56(87)68(91)75-29-46-15-21-49(22-16-46)63-43(10)78-36-100-63)96-72-80-65(84-101-72)60(39(5)6)71(94)85-30-50(88)24-54(85)66(89)73-27-44-11-17-47(18-12-44)61-41(8)76-34-98-61/h11-23,34-39,50-52,54-56,58-60,88H,24-33H2,1-10H3,(H,73,89)(H,74,90)(H,75,91)(H,81,82)/t50-,51-,52-,54+,55+,56+,58-,59-,60-/m1/s1. The van der Waals surface area contributed by atoms with Crippen molar-refractivity contribution in [3.63, 3.8) is 0 Å². The van der Waals surface area contributed by atoms with E-state index >= 15 is 4.79 Å². The molecule has 0 aliphatic carbocycles. The largest absolute Gasteiger partial charge is 0.464 e. The molecule has 5 N–H and O–H groups in total. The number of hydrogen-bond donors (Lipinski definition) is 5. The summed E-state index contributed by atoms with van der Waals surface area (Å²) in [6, 6.07) is 22.7. The number of nitrogens with zero attached hydrogens (tertiary/aromatic N) is 11. The van der Waals surface area contributed by atoms with Gasteiger partial charge in [-0.15, -0.1) is 34.0 Å². The minimum atomic E-state index is -1.03. The van der Waals surface area contributed by atoms with Crippen LogP contribution in [0.4, 0.5) is 0 Å². The topological polar surface area (TPSA) is 319 Å². The number of rotatable bonds is 26. The van der Waals surface area contributed by atoms with Gasteiger partial charge in [0.15, 0.2) is 11.6 Å². The number of carbonyl (C=O) groups is 6. The number of aromatic amines is 1. The lowest BCUT2D eigenvalue weighted by Crippen LogP contribution is -2.48. The zero-order chi connectivity index (χ0) is 71.3. The third-order valence-electron chi connectivity index (χ3n) is 18.9. The van der Waals surface area contributed by atoms with E-state index in [1.54, 1.807) is 44.4 Å². The number of likely N-dealkylation sites (tertiary alicyclic amines) is 3. The van der Waals surface area contributed by atoms with Crippen LogP contribution in [0.5, 0.6) is 5.19 Å². The Morgan fingerprint density at radius 2 is 0.990 bits per heavy atom. The second-order valence-electron chi connectivity index (χ2n) is 27.2. The van der Waals surface area contributed by atoms with E-state index in [0.717, 1.165) is 82.3 Å².